The van der Waals surface area contributed by atoms with Crippen molar-refractivity contribution in [2.75, 3.05) is 0 Å². The fourth-order valence-electron chi connectivity index (χ4n) is 1.04. The van der Waals surface area contributed by atoms with Crippen LogP contribution in [0.4, 0.5) is 0 Å². The van der Waals surface area contributed by atoms with Crippen LogP contribution in [0, 0.1) is 0 Å². The van der Waals surface area contributed by atoms with Gasteiger partial charge in [-0.25, -0.2) is 9.97 Å². The van der Waals surface area contributed by atoms with Crippen molar-refractivity contribution in [1.82, 2.24) is 15.3 Å². The van der Waals surface area contributed by atoms with E-state index in [9.17, 15) is 0 Å². The zero-order valence-corrected chi connectivity index (χ0v) is 7.08. The van der Waals surface area contributed by atoms with Gasteiger partial charge in [0.25, 0.3) is 0 Å². The highest BCUT2D eigenvalue weighted by molar-refractivity contribution is 6.40. The van der Waals surface area contributed by atoms with Crippen LogP contribution in [0.25, 0.3) is 0 Å². The summed E-state index contributed by atoms with van der Waals surface area (Å²) in [5, 5.41) is 3.67. The van der Waals surface area contributed by atoms with Crippen LogP contribution in [0.5, 0.6) is 0 Å². The van der Waals surface area contributed by atoms with Crippen LogP contribution in [0.3, 0.4) is 0 Å². The van der Waals surface area contributed by atoms with Gasteiger partial charge >= 0.3 is 0 Å². The highest BCUT2D eigenvalue weighted by Gasteiger charge is 2.15. The molecule has 1 aliphatic heterocycles. The molecule has 0 fully saturated rings. The Kier molecular flexibility index (Phi) is 1.71. The summed E-state index contributed by atoms with van der Waals surface area (Å²) in [6.07, 6.45) is 0. The third kappa shape index (κ3) is 1.20. The summed E-state index contributed by atoms with van der Waals surface area (Å²) in [7, 11) is 0. The summed E-state index contributed by atoms with van der Waals surface area (Å²) in [6.45, 7) is 1.47. The molecular weight excluding hydrogens is 185 g/mol. The standard InChI is InChI=1S/C6H5Cl2N3/c7-5-6(8)11-4-2-9-1-3(4)10-5/h9H,1-2H2. The van der Waals surface area contributed by atoms with E-state index in [1.165, 1.54) is 0 Å². The van der Waals surface area contributed by atoms with Gasteiger partial charge in [0.2, 0.25) is 0 Å². The van der Waals surface area contributed by atoms with Crippen molar-refractivity contribution in [1.29, 1.82) is 0 Å². The maximum atomic E-state index is 5.66. The van der Waals surface area contributed by atoms with Gasteiger partial charge in [-0.3, -0.25) is 0 Å². The molecule has 3 nitrogen and oxygen atoms in total. The minimum absolute atomic E-state index is 0.286. The van der Waals surface area contributed by atoms with E-state index in [-0.39, 0.29) is 10.3 Å². The highest BCUT2D eigenvalue weighted by atomic mass is 35.5. The van der Waals surface area contributed by atoms with Crippen LogP contribution in [-0.2, 0) is 13.1 Å². The molecular formula is C6H5Cl2N3. The van der Waals surface area contributed by atoms with Crippen LogP contribution in [-0.4, -0.2) is 9.97 Å². The number of halogens is 2. The number of nitrogens with one attached hydrogen (secondary N) is 1. The first-order chi connectivity index (χ1) is 5.27. The zero-order valence-electron chi connectivity index (χ0n) is 5.56. The first-order valence-corrected chi connectivity index (χ1v) is 3.94. The molecule has 58 valence electrons. The Balaban J connectivity index is 2.57. The lowest BCUT2D eigenvalue weighted by Gasteiger charge is -1.97. The molecule has 11 heavy (non-hydrogen) atoms. The molecule has 1 N–H and O–H groups in total. The molecule has 1 aromatic heterocycles. The molecule has 1 aromatic rings. The minimum Gasteiger partial charge on any atom is -0.305 e. The van der Waals surface area contributed by atoms with Crippen molar-refractivity contribution >= 4 is 23.2 Å². The molecule has 1 aliphatic rings. The van der Waals surface area contributed by atoms with E-state index in [4.69, 9.17) is 23.2 Å². The van der Waals surface area contributed by atoms with E-state index >= 15 is 0 Å². The second-order valence-electron chi connectivity index (χ2n) is 2.30. The Morgan fingerprint density at radius 3 is 1.91 bits per heavy atom. The van der Waals surface area contributed by atoms with E-state index in [0.29, 0.717) is 0 Å². The Morgan fingerprint density at radius 1 is 1.00 bits per heavy atom. The molecule has 0 bridgehead atoms. The van der Waals surface area contributed by atoms with Gasteiger partial charge in [-0.2, -0.15) is 0 Å². The van der Waals surface area contributed by atoms with Crippen molar-refractivity contribution < 1.29 is 0 Å². The minimum atomic E-state index is 0.286. The third-order valence-electron chi connectivity index (χ3n) is 1.55. The van der Waals surface area contributed by atoms with Gasteiger partial charge in [0.1, 0.15) is 0 Å². The number of nitrogens with zero attached hydrogens (tertiary/aromatic N) is 2. The molecule has 0 aliphatic carbocycles. The molecule has 2 rings (SSSR count). The van der Waals surface area contributed by atoms with E-state index in [1.807, 2.05) is 0 Å². The maximum absolute atomic E-state index is 5.66. The van der Waals surface area contributed by atoms with Crippen molar-refractivity contribution in [3.8, 4) is 0 Å². The molecule has 0 radical (unpaired) electrons. The molecule has 0 aromatic carbocycles. The van der Waals surface area contributed by atoms with Crippen molar-refractivity contribution in [2.45, 2.75) is 13.1 Å². The summed E-state index contributed by atoms with van der Waals surface area (Å²) in [5.74, 6) is 0. The van der Waals surface area contributed by atoms with Gasteiger partial charge in [-0.1, -0.05) is 23.2 Å². The second-order valence-corrected chi connectivity index (χ2v) is 3.02. The summed E-state index contributed by atoms with van der Waals surface area (Å²) < 4.78 is 0. The van der Waals surface area contributed by atoms with Gasteiger partial charge in [0.05, 0.1) is 11.4 Å². The molecule has 0 saturated heterocycles. The van der Waals surface area contributed by atoms with E-state index in [1.54, 1.807) is 0 Å². The number of aromatic nitrogens is 2. The zero-order chi connectivity index (χ0) is 7.84. The molecule has 5 heteroatoms. The Labute approximate surface area is 73.8 Å². The molecule has 0 atom stereocenters. The topological polar surface area (TPSA) is 37.8 Å². The van der Waals surface area contributed by atoms with Crippen LogP contribution in [0.15, 0.2) is 0 Å². The molecule has 0 saturated carbocycles. The average Bonchev–Trinajstić information content (AvgIpc) is 2.36. The summed E-state index contributed by atoms with van der Waals surface area (Å²) in [5.41, 5.74) is 1.80. The Morgan fingerprint density at radius 2 is 1.45 bits per heavy atom. The predicted octanol–water partition coefficient (Wildman–Crippen LogP) is 1.39. The quantitative estimate of drug-likeness (QED) is 0.671. The normalized spacial score (nSPS) is 15.1. The Bertz CT molecular complexity index is 271. The van der Waals surface area contributed by atoms with E-state index in [2.05, 4.69) is 15.3 Å². The summed E-state index contributed by atoms with van der Waals surface area (Å²) >= 11 is 11.3. The lowest BCUT2D eigenvalue weighted by atomic mass is 10.4. The monoisotopic (exact) mass is 189 g/mol. The van der Waals surface area contributed by atoms with Crippen molar-refractivity contribution in [2.24, 2.45) is 0 Å². The predicted molar refractivity (Wildman–Crippen MR) is 42.6 cm³/mol. The summed E-state index contributed by atoms with van der Waals surface area (Å²) in [4.78, 5) is 8.12. The van der Waals surface area contributed by atoms with Crippen LogP contribution >= 0.6 is 23.2 Å². The van der Waals surface area contributed by atoms with Gasteiger partial charge in [0, 0.05) is 13.1 Å². The fourth-order valence-corrected chi connectivity index (χ4v) is 1.33. The average molecular weight is 190 g/mol. The third-order valence-corrected chi connectivity index (χ3v) is 2.18. The summed E-state index contributed by atoms with van der Waals surface area (Å²) in [6, 6.07) is 0. The van der Waals surface area contributed by atoms with Gasteiger partial charge in [-0.05, 0) is 0 Å². The second kappa shape index (κ2) is 2.59. The first kappa shape index (κ1) is 7.28. The van der Waals surface area contributed by atoms with Gasteiger partial charge in [-0.15, -0.1) is 0 Å². The number of rotatable bonds is 0. The van der Waals surface area contributed by atoms with Crippen LogP contribution < -0.4 is 5.32 Å². The van der Waals surface area contributed by atoms with E-state index < -0.39 is 0 Å². The molecule has 0 spiro atoms. The fraction of sp³-hybridized carbons (Fsp3) is 0.333. The maximum Gasteiger partial charge on any atom is 0.166 e. The largest absolute Gasteiger partial charge is 0.305 e. The lowest BCUT2D eigenvalue weighted by molar-refractivity contribution is 0.753. The lowest BCUT2D eigenvalue weighted by Crippen LogP contribution is -2.00. The van der Waals surface area contributed by atoms with Crippen molar-refractivity contribution in [3.05, 3.63) is 21.7 Å². The highest BCUT2D eigenvalue weighted by Crippen LogP contribution is 2.20. The van der Waals surface area contributed by atoms with E-state index in [0.717, 1.165) is 24.5 Å². The van der Waals surface area contributed by atoms with Gasteiger partial charge < -0.3 is 5.32 Å². The van der Waals surface area contributed by atoms with Crippen LogP contribution in [0.2, 0.25) is 10.3 Å². The molecule has 0 amide bonds. The number of hydrogen-bond acceptors (Lipinski definition) is 3. The number of fused-ring (bicyclic) bond motifs is 1. The number of hydrogen-bond donors (Lipinski definition) is 1. The van der Waals surface area contributed by atoms with Crippen LogP contribution in [0.1, 0.15) is 11.4 Å². The van der Waals surface area contributed by atoms with Crippen molar-refractivity contribution in [3.63, 3.8) is 0 Å². The SMILES string of the molecule is Clc1nc2c(nc1Cl)CNC2. The first-order valence-electron chi connectivity index (χ1n) is 3.19. The van der Waals surface area contributed by atoms with Gasteiger partial charge in [0.15, 0.2) is 10.3 Å². The molecule has 2 heterocycles. The Hall–Kier alpha value is -0.380. The molecule has 0 unspecified atom stereocenters. The smallest absolute Gasteiger partial charge is 0.166 e.